The van der Waals surface area contributed by atoms with Crippen molar-refractivity contribution in [1.29, 1.82) is 0 Å². The van der Waals surface area contributed by atoms with E-state index in [4.69, 9.17) is 15.3 Å². The summed E-state index contributed by atoms with van der Waals surface area (Å²) < 4.78 is 11.6. The van der Waals surface area contributed by atoms with Gasteiger partial charge in [-0.1, -0.05) is 13.3 Å². The molecule has 0 aromatic rings. The predicted molar refractivity (Wildman–Crippen MR) is 99.6 cm³/mol. The van der Waals surface area contributed by atoms with Crippen molar-refractivity contribution in [3.63, 3.8) is 0 Å². The molecule has 24 heavy (non-hydrogen) atoms. The molecule has 0 aromatic carbocycles. The molecule has 4 nitrogen and oxygen atoms in total. The second kappa shape index (κ2) is 8.98. The Morgan fingerprint density at radius 2 is 1.67 bits per heavy atom. The number of nitrogens with one attached hydrogen (secondary N) is 1. The first-order valence-corrected chi connectivity index (χ1v) is 9.94. The number of methoxy groups -OCH3 is 2. The van der Waals surface area contributed by atoms with Crippen LogP contribution in [0.1, 0.15) is 72.1 Å². The van der Waals surface area contributed by atoms with E-state index < -0.39 is 0 Å². The van der Waals surface area contributed by atoms with Crippen LogP contribution in [0.3, 0.4) is 0 Å². The van der Waals surface area contributed by atoms with Crippen LogP contribution in [-0.4, -0.2) is 32.0 Å². The van der Waals surface area contributed by atoms with Crippen LogP contribution in [0, 0.1) is 23.7 Å². The average Bonchev–Trinajstić information content (AvgIpc) is 2.60. The van der Waals surface area contributed by atoms with Crippen LogP contribution in [0.4, 0.5) is 0 Å². The van der Waals surface area contributed by atoms with Crippen LogP contribution in [0.2, 0.25) is 0 Å². The van der Waals surface area contributed by atoms with Gasteiger partial charge >= 0.3 is 0 Å². The van der Waals surface area contributed by atoms with Gasteiger partial charge in [0.15, 0.2) is 0 Å². The third kappa shape index (κ3) is 4.94. The first-order valence-electron chi connectivity index (χ1n) is 9.94. The van der Waals surface area contributed by atoms with Crippen LogP contribution >= 0.6 is 0 Å². The molecule has 2 aliphatic rings. The summed E-state index contributed by atoms with van der Waals surface area (Å²) in [5.74, 6) is 8.61. The van der Waals surface area contributed by atoms with Gasteiger partial charge in [0.25, 0.3) is 0 Å². The van der Waals surface area contributed by atoms with Gasteiger partial charge in [0.2, 0.25) is 0 Å². The Kier molecular flexibility index (Phi) is 7.54. The van der Waals surface area contributed by atoms with Gasteiger partial charge in [0.1, 0.15) is 0 Å². The molecule has 2 fully saturated rings. The van der Waals surface area contributed by atoms with E-state index in [1.165, 1.54) is 44.9 Å². The minimum atomic E-state index is -0.00700. The molecule has 0 aromatic heterocycles. The van der Waals surface area contributed by atoms with Crippen molar-refractivity contribution >= 4 is 0 Å². The fourth-order valence-electron chi connectivity index (χ4n) is 4.99. The van der Waals surface area contributed by atoms with Crippen molar-refractivity contribution < 1.29 is 9.47 Å². The van der Waals surface area contributed by atoms with E-state index in [-0.39, 0.29) is 5.54 Å². The first kappa shape index (κ1) is 20.2. The third-order valence-corrected chi connectivity index (χ3v) is 7.10. The highest BCUT2D eigenvalue weighted by molar-refractivity contribution is 4.92. The SMILES string of the molecule is COC1CC(CCC2CCC(C(C)(C)NN)CC2OC)CCC1C. The number of hydrazine groups is 1. The van der Waals surface area contributed by atoms with Crippen LogP contribution in [0.25, 0.3) is 0 Å². The highest BCUT2D eigenvalue weighted by Gasteiger charge is 2.38. The maximum absolute atomic E-state index is 5.88. The Morgan fingerprint density at radius 3 is 2.29 bits per heavy atom. The summed E-state index contributed by atoms with van der Waals surface area (Å²) in [7, 11) is 3.76. The first-order chi connectivity index (χ1) is 11.4. The number of rotatable bonds is 7. The second-order valence-electron chi connectivity index (χ2n) is 8.92. The van der Waals surface area contributed by atoms with Gasteiger partial charge in [-0.05, 0) is 82.5 Å². The van der Waals surface area contributed by atoms with Crippen molar-refractivity contribution in [3.05, 3.63) is 0 Å². The predicted octanol–water partition coefficient (Wildman–Crippen LogP) is 3.89. The molecule has 3 N–H and O–H groups in total. The topological polar surface area (TPSA) is 56.5 Å². The van der Waals surface area contributed by atoms with E-state index in [1.807, 2.05) is 14.2 Å². The second-order valence-corrected chi connectivity index (χ2v) is 8.92. The zero-order valence-corrected chi connectivity index (χ0v) is 16.5. The minimum Gasteiger partial charge on any atom is -0.381 e. The molecule has 142 valence electrons. The van der Waals surface area contributed by atoms with Crippen molar-refractivity contribution in [2.45, 2.75) is 89.9 Å². The summed E-state index contributed by atoms with van der Waals surface area (Å²) in [6.45, 7) is 6.75. The minimum absolute atomic E-state index is 0.00700. The molecule has 2 rings (SSSR count). The molecule has 0 aliphatic heterocycles. The molecule has 4 heteroatoms. The molecule has 0 radical (unpaired) electrons. The number of nitrogens with two attached hydrogens (primary N) is 1. The van der Waals surface area contributed by atoms with Gasteiger partial charge in [-0.25, -0.2) is 0 Å². The lowest BCUT2D eigenvalue weighted by molar-refractivity contribution is -0.0219. The van der Waals surface area contributed by atoms with Gasteiger partial charge in [-0.3, -0.25) is 11.3 Å². The van der Waals surface area contributed by atoms with E-state index in [0.717, 1.165) is 18.3 Å². The highest BCUT2D eigenvalue weighted by Crippen LogP contribution is 2.40. The van der Waals surface area contributed by atoms with Gasteiger partial charge in [-0.2, -0.15) is 0 Å². The van der Waals surface area contributed by atoms with Crippen molar-refractivity contribution in [2.75, 3.05) is 14.2 Å². The Bertz CT molecular complexity index is 375. The van der Waals surface area contributed by atoms with Gasteiger partial charge in [0.05, 0.1) is 12.2 Å². The van der Waals surface area contributed by atoms with Crippen molar-refractivity contribution in [1.82, 2.24) is 5.43 Å². The Labute approximate surface area is 149 Å². The van der Waals surface area contributed by atoms with Gasteiger partial charge in [0, 0.05) is 19.8 Å². The standard InChI is InChI=1S/C20H40N2O2/c1-14-6-7-15(12-18(14)23-4)8-9-16-10-11-17(13-19(16)24-5)20(2,3)22-21/h14-19,22H,6-13,21H2,1-5H3. The molecule has 0 bridgehead atoms. The zero-order chi connectivity index (χ0) is 17.7. The summed E-state index contributed by atoms with van der Waals surface area (Å²) in [5.41, 5.74) is 2.99. The largest absolute Gasteiger partial charge is 0.381 e. The zero-order valence-electron chi connectivity index (χ0n) is 16.5. The quantitative estimate of drug-likeness (QED) is 0.545. The lowest BCUT2D eigenvalue weighted by Gasteiger charge is -2.43. The van der Waals surface area contributed by atoms with E-state index in [1.54, 1.807) is 0 Å². The molecule has 0 saturated heterocycles. The van der Waals surface area contributed by atoms with Crippen molar-refractivity contribution in [3.8, 4) is 0 Å². The average molecular weight is 341 g/mol. The maximum atomic E-state index is 5.88. The molecular formula is C20H40N2O2. The molecular weight excluding hydrogens is 300 g/mol. The monoisotopic (exact) mass is 340 g/mol. The molecule has 0 amide bonds. The lowest BCUT2D eigenvalue weighted by atomic mass is 9.69. The highest BCUT2D eigenvalue weighted by atomic mass is 16.5. The fourth-order valence-corrected chi connectivity index (χ4v) is 4.99. The summed E-state index contributed by atoms with van der Waals surface area (Å²) >= 11 is 0. The number of hydrogen-bond donors (Lipinski definition) is 2. The third-order valence-electron chi connectivity index (χ3n) is 7.10. The molecule has 0 spiro atoms. The Hall–Kier alpha value is -0.160. The Balaban J connectivity index is 1.82. The summed E-state index contributed by atoms with van der Waals surface area (Å²) in [6, 6.07) is 0. The molecule has 0 heterocycles. The van der Waals surface area contributed by atoms with Crippen LogP contribution in [-0.2, 0) is 9.47 Å². The van der Waals surface area contributed by atoms with E-state index in [0.29, 0.717) is 24.0 Å². The van der Waals surface area contributed by atoms with Crippen molar-refractivity contribution in [2.24, 2.45) is 29.5 Å². The normalized spacial score (nSPS) is 38.2. The van der Waals surface area contributed by atoms with E-state index >= 15 is 0 Å². The number of ether oxygens (including phenoxy) is 2. The van der Waals surface area contributed by atoms with Crippen LogP contribution < -0.4 is 11.3 Å². The summed E-state index contributed by atoms with van der Waals surface area (Å²) in [4.78, 5) is 0. The summed E-state index contributed by atoms with van der Waals surface area (Å²) in [6.07, 6.45) is 11.1. The molecule has 2 aliphatic carbocycles. The maximum Gasteiger partial charge on any atom is 0.0602 e. The van der Waals surface area contributed by atoms with Gasteiger partial charge < -0.3 is 9.47 Å². The lowest BCUT2D eigenvalue weighted by Crippen LogP contribution is -2.52. The smallest absolute Gasteiger partial charge is 0.0602 e. The fraction of sp³-hybridized carbons (Fsp3) is 1.00. The van der Waals surface area contributed by atoms with Crippen LogP contribution in [0.5, 0.6) is 0 Å². The molecule has 6 atom stereocenters. The molecule has 2 saturated carbocycles. The Morgan fingerprint density at radius 1 is 0.958 bits per heavy atom. The van der Waals surface area contributed by atoms with E-state index in [2.05, 4.69) is 26.2 Å². The molecule has 6 unspecified atom stereocenters. The number of hydrogen-bond acceptors (Lipinski definition) is 4. The van der Waals surface area contributed by atoms with Crippen LogP contribution in [0.15, 0.2) is 0 Å². The van der Waals surface area contributed by atoms with E-state index in [9.17, 15) is 0 Å². The summed E-state index contributed by atoms with van der Waals surface area (Å²) in [5, 5.41) is 0. The van der Waals surface area contributed by atoms with Gasteiger partial charge in [-0.15, -0.1) is 0 Å².